The molecule has 4 N–H and O–H groups in total. The third kappa shape index (κ3) is 3.57. The zero-order valence-electron chi connectivity index (χ0n) is 13.1. The molecule has 2 amide bonds. The molecule has 4 atom stereocenters. The van der Waals surface area contributed by atoms with Crippen LogP contribution in [0.4, 0.5) is 0 Å². The van der Waals surface area contributed by atoms with Gasteiger partial charge in [0.2, 0.25) is 11.8 Å². The molecular weight excluding hydrogens is 302 g/mol. The molecule has 3 aliphatic carbocycles. The highest BCUT2D eigenvalue weighted by Gasteiger charge is 2.48. The van der Waals surface area contributed by atoms with Gasteiger partial charge in [-0.2, -0.15) is 0 Å². The second-order valence-corrected chi connectivity index (χ2v) is 7.00. The van der Waals surface area contributed by atoms with Crippen molar-refractivity contribution in [2.75, 3.05) is 13.1 Å². The molecule has 0 spiro atoms. The largest absolute Gasteiger partial charge is 0.356 e. The first kappa shape index (κ1) is 17.5. The lowest BCUT2D eigenvalue weighted by molar-refractivity contribution is -0.127. The first-order valence-electron chi connectivity index (χ1n) is 8.48. The fourth-order valence-electron chi connectivity index (χ4n) is 4.17. The Hall–Kier alpha value is -0.810. The van der Waals surface area contributed by atoms with E-state index in [1.165, 1.54) is 12.8 Å². The van der Waals surface area contributed by atoms with Crippen molar-refractivity contribution in [3.05, 3.63) is 0 Å². The van der Waals surface area contributed by atoms with E-state index in [1.54, 1.807) is 0 Å². The van der Waals surface area contributed by atoms with E-state index in [0.29, 0.717) is 24.9 Å². The van der Waals surface area contributed by atoms with Crippen molar-refractivity contribution in [2.24, 2.45) is 29.4 Å². The third-order valence-corrected chi connectivity index (χ3v) is 5.71. The number of carbonyl (C=O) groups is 2. The van der Waals surface area contributed by atoms with Gasteiger partial charge in [0.1, 0.15) is 0 Å². The average Bonchev–Trinajstić information content (AvgIpc) is 2.96. The highest BCUT2D eigenvalue weighted by Crippen LogP contribution is 2.47. The molecular formula is C16H28ClN3O2. The van der Waals surface area contributed by atoms with Gasteiger partial charge in [-0.25, -0.2) is 0 Å². The van der Waals surface area contributed by atoms with E-state index in [2.05, 4.69) is 10.6 Å². The van der Waals surface area contributed by atoms with Crippen molar-refractivity contribution in [3.8, 4) is 0 Å². The number of hydrogen-bond donors (Lipinski definition) is 3. The molecule has 0 aromatic rings. The molecule has 0 aliphatic heterocycles. The molecule has 0 aromatic carbocycles. The highest BCUT2D eigenvalue weighted by atomic mass is 35.5. The Kier molecular flexibility index (Phi) is 6.09. The number of rotatable bonds is 6. The molecule has 0 aromatic heterocycles. The molecule has 3 rings (SSSR count). The standard InChI is InChI=1S/C16H27N3O2.ClH/c17-14-12-6-5-11(9-12)13(14)16(21)19-8-2-7-18-15(20)10-3-1-4-10;/h10-14H,1-9,17H2,(H,18,20)(H,19,21);1H. The average molecular weight is 330 g/mol. The van der Waals surface area contributed by atoms with Crippen molar-refractivity contribution >= 4 is 24.2 Å². The maximum absolute atomic E-state index is 12.2. The Bertz CT molecular complexity index is 412. The van der Waals surface area contributed by atoms with Crippen LogP contribution in [-0.2, 0) is 9.59 Å². The van der Waals surface area contributed by atoms with Crippen LogP contribution in [0.15, 0.2) is 0 Å². The molecule has 0 saturated heterocycles. The van der Waals surface area contributed by atoms with Crippen molar-refractivity contribution in [1.82, 2.24) is 10.6 Å². The number of carbonyl (C=O) groups excluding carboxylic acids is 2. The van der Waals surface area contributed by atoms with Crippen molar-refractivity contribution in [2.45, 2.75) is 51.0 Å². The van der Waals surface area contributed by atoms with E-state index < -0.39 is 0 Å². The van der Waals surface area contributed by atoms with Crippen LogP contribution in [0.25, 0.3) is 0 Å². The lowest BCUT2D eigenvalue weighted by Crippen LogP contribution is -2.45. The minimum absolute atomic E-state index is 0. The summed E-state index contributed by atoms with van der Waals surface area (Å²) in [4.78, 5) is 23.9. The van der Waals surface area contributed by atoms with Crippen LogP contribution >= 0.6 is 12.4 Å². The van der Waals surface area contributed by atoms with Crippen LogP contribution < -0.4 is 16.4 Å². The quantitative estimate of drug-likeness (QED) is 0.640. The summed E-state index contributed by atoms with van der Waals surface area (Å²) >= 11 is 0. The fraction of sp³-hybridized carbons (Fsp3) is 0.875. The van der Waals surface area contributed by atoms with E-state index in [0.717, 1.165) is 32.1 Å². The summed E-state index contributed by atoms with van der Waals surface area (Å²) in [6.45, 7) is 1.28. The number of hydrogen-bond acceptors (Lipinski definition) is 3. The first-order valence-corrected chi connectivity index (χ1v) is 8.48. The van der Waals surface area contributed by atoms with Crippen molar-refractivity contribution in [1.29, 1.82) is 0 Å². The molecule has 0 radical (unpaired) electrons. The van der Waals surface area contributed by atoms with Crippen molar-refractivity contribution < 1.29 is 9.59 Å². The van der Waals surface area contributed by atoms with Gasteiger partial charge in [-0.05, 0) is 50.4 Å². The molecule has 5 nitrogen and oxygen atoms in total. The maximum Gasteiger partial charge on any atom is 0.224 e. The molecule has 2 bridgehead atoms. The Morgan fingerprint density at radius 2 is 1.59 bits per heavy atom. The molecule has 3 aliphatic rings. The summed E-state index contributed by atoms with van der Waals surface area (Å²) in [5.41, 5.74) is 6.17. The van der Waals surface area contributed by atoms with E-state index in [9.17, 15) is 9.59 Å². The van der Waals surface area contributed by atoms with E-state index in [-0.39, 0.29) is 42.1 Å². The highest BCUT2D eigenvalue weighted by molar-refractivity contribution is 5.85. The predicted molar refractivity (Wildman–Crippen MR) is 87.5 cm³/mol. The Labute approximate surface area is 138 Å². The van der Waals surface area contributed by atoms with Gasteiger partial charge >= 0.3 is 0 Å². The molecule has 3 saturated carbocycles. The Balaban J connectivity index is 0.00000176. The van der Waals surface area contributed by atoms with Crippen LogP contribution in [0.3, 0.4) is 0 Å². The van der Waals surface area contributed by atoms with Gasteiger partial charge < -0.3 is 16.4 Å². The minimum Gasteiger partial charge on any atom is -0.356 e. The summed E-state index contributed by atoms with van der Waals surface area (Å²) in [6, 6.07) is 0.0575. The predicted octanol–water partition coefficient (Wildman–Crippen LogP) is 1.20. The van der Waals surface area contributed by atoms with Gasteiger partial charge in [-0.15, -0.1) is 12.4 Å². The van der Waals surface area contributed by atoms with Gasteiger partial charge in [-0.3, -0.25) is 9.59 Å². The number of nitrogens with two attached hydrogens (primary N) is 1. The van der Waals surface area contributed by atoms with E-state index in [4.69, 9.17) is 5.73 Å². The van der Waals surface area contributed by atoms with Gasteiger partial charge in [0.25, 0.3) is 0 Å². The Morgan fingerprint density at radius 3 is 2.14 bits per heavy atom. The van der Waals surface area contributed by atoms with Crippen LogP contribution in [0.1, 0.15) is 44.9 Å². The normalized spacial score (nSPS) is 33.0. The molecule has 3 fully saturated rings. The minimum atomic E-state index is 0. The summed E-state index contributed by atoms with van der Waals surface area (Å²) in [6.07, 6.45) is 7.53. The molecule has 4 unspecified atom stereocenters. The zero-order chi connectivity index (χ0) is 14.8. The van der Waals surface area contributed by atoms with Crippen LogP contribution in [0.5, 0.6) is 0 Å². The number of amides is 2. The molecule has 22 heavy (non-hydrogen) atoms. The zero-order valence-corrected chi connectivity index (χ0v) is 13.9. The Morgan fingerprint density at radius 1 is 0.955 bits per heavy atom. The lowest BCUT2D eigenvalue weighted by Gasteiger charge is -2.27. The summed E-state index contributed by atoms with van der Waals surface area (Å²) in [7, 11) is 0. The third-order valence-electron chi connectivity index (χ3n) is 5.71. The molecule has 0 heterocycles. The summed E-state index contributed by atoms with van der Waals surface area (Å²) < 4.78 is 0. The number of nitrogens with one attached hydrogen (secondary N) is 2. The van der Waals surface area contributed by atoms with Crippen molar-refractivity contribution in [3.63, 3.8) is 0 Å². The monoisotopic (exact) mass is 329 g/mol. The lowest BCUT2D eigenvalue weighted by atomic mass is 9.84. The van der Waals surface area contributed by atoms with Crippen LogP contribution in [0.2, 0.25) is 0 Å². The van der Waals surface area contributed by atoms with Gasteiger partial charge in [0.15, 0.2) is 0 Å². The van der Waals surface area contributed by atoms with Crippen LogP contribution in [-0.4, -0.2) is 30.9 Å². The van der Waals surface area contributed by atoms with Gasteiger partial charge in [0.05, 0.1) is 5.92 Å². The SMILES string of the molecule is Cl.NC1C2CCC(C2)C1C(=O)NCCCNC(=O)C1CCC1. The molecule has 6 heteroatoms. The number of halogens is 1. The second kappa shape index (κ2) is 7.64. The fourth-order valence-corrected chi connectivity index (χ4v) is 4.17. The second-order valence-electron chi connectivity index (χ2n) is 7.00. The van der Waals surface area contributed by atoms with E-state index in [1.807, 2.05) is 0 Å². The van der Waals surface area contributed by atoms with E-state index >= 15 is 0 Å². The van der Waals surface area contributed by atoms with Gasteiger partial charge in [-0.1, -0.05) is 6.42 Å². The maximum atomic E-state index is 12.2. The van der Waals surface area contributed by atoms with Crippen LogP contribution in [0, 0.1) is 23.7 Å². The number of fused-ring (bicyclic) bond motifs is 2. The van der Waals surface area contributed by atoms with Gasteiger partial charge in [0, 0.05) is 25.0 Å². The molecule has 126 valence electrons. The summed E-state index contributed by atoms with van der Waals surface area (Å²) in [5, 5.41) is 5.95. The smallest absolute Gasteiger partial charge is 0.224 e. The topological polar surface area (TPSA) is 84.2 Å². The first-order chi connectivity index (χ1) is 10.2. The summed E-state index contributed by atoms with van der Waals surface area (Å²) in [5.74, 6) is 1.64.